The van der Waals surface area contributed by atoms with Crippen LogP contribution in [-0.4, -0.2) is 57.1 Å². The summed E-state index contributed by atoms with van der Waals surface area (Å²) in [6.07, 6.45) is -1.07. The smallest absolute Gasteiger partial charge is 0.395 e. The van der Waals surface area contributed by atoms with Crippen molar-refractivity contribution in [3.05, 3.63) is 27.6 Å². The zero-order valence-corrected chi connectivity index (χ0v) is 13.0. The lowest BCUT2D eigenvalue weighted by Gasteiger charge is -2.28. The highest BCUT2D eigenvalue weighted by molar-refractivity contribution is 7.80. The summed E-state index contributed by atoms with van der Waals surface area (Å²) in [5.74, 6) is 0.466. The molecule has 0 radical (unpaired) electrons. The normalized spacial score (nSPS) is 24.9. The Labute approximate surface area is 127 Å². The molecule has 2 rings (SSSR count). The van der Waals surface area contributed by atoms with Gasteiger partial charge in [0.15, 0.2) is 5.69 Å². The third-order valence-corrected chi connectivity index (χ3v) is 3.86. The van der Waals surface area contributed by atoms with E-state index >= 15 is 0 Å². The second-order valence-corrected chi connectivity index (χ2v) is 5.32. The highest BCUT2D eigenvalue weighted by atomic mass is 32.1. The van der Waals surface area contributed by atoms with Gasteiger partial charge in [-0.05, 0) is 32.1 Å². The van der Waals surface area contributed by atoms with Gasteiger partial charge in [-0.25, -0.2) is 9.47 Å². The number of hydrogen-bond acceptors (Lipinski definition) is 6. The van der Waals surface area contributed by atoms with Crippen LogP contribution in [0.15, 0.2) is 11.1 Å². The number of likely N-dealkylation sites (N-methyl/N-ethyl adjacent to an activating group) is 1. The van der Waals surface area contributed by atoms with Crippen molar-refractivity contribution < 1.29 is 14.1 Å². The van der Waals surface area contributed by atoms with Crippen molar-refractivity contribution in [2.24, 2.45) is 4.99 Å². The highest BCUT2D eigenvalue weighted by Crippen LogP contribution is 2.26. The molecule has 0 amide bonds. The molecule has 1 aliphatic rings. The number of amidine groups is 1. The summed E-state index contributed by atoms with van der Waals surface area (Å²) in [7, 11) is 3.20. The minimum absolute atomic E-state index is 0.0224. The van der Waals surface area contributed by atoms with Gasteiger partial charge in [-0.1, -0.05) is 0 Å². The number of nitrogens with zero attached hydrogens (tertiary/aromatic N) is 5. The van der Waals surface area contributed by atoms with Gasteiger partial charge in [0.05, 0.1) is 25.6 Å². The second kappa shape index (κ2) is 5.41. The maximum Gasteiger partial charge on any atom is 0.395 e. The Morgan fingerprint density at radius 2 is 2.19 bits per heavy atom. The summed E-state index contributed by atoms with van der Waals surface area (Å²) in [4.78, 5) is 23.6. The Balaban J connectivity index is 2.58. The van der Waals surface area contributed by atoms with Crippen LogP contribution in [0.4, 0.5) is 0 Å². The van der Waals surface area contributed by atoms with E-state index in [1.54, 1.807) is 20.0 Å². The molecular formula is C12H16N5O3S+. The molecule has 1 aromatic rings. The number of aryl methyl sites for hydroxylation is 1. The molecule has 0 saturated heterocycles. The van der Waals surface area contributed by atoms with E-state index in [0.717, 1.165) is 0 Å². The van der Waals surface area contributed by atoms with Crippen molar-refractivity contribution in [1.82, 2.24) is 9.97 Å². The number of aliphatic imine (C=N–C) groups is 1. The average molecular weight is 310 g/mol. The van der Waals surface area contributed by atoms with Gasteiger partial charge in [-0.2, -0.15) is 9.98 Å². The minimum Gasteiger partial charge on any atom is -0.467 e. The Morgan fingerprint density at radius 1 is 1.52 bits per heavy atom. The summed E-state index contributed by atoms with van der Waals surface area (Å²) in [5.41, 5.74) is 1.19. The largest absolute Gasteiger partial charge is 0.467 e. The standard InChI is InChI=1S/C12H16N5O3S/c1-5-17(3)9(15-10(21)11(17)16(18)19)8-6-7(2)13-12(14-8)20-4/h6,11H,5H2,1-4H3/q+1. The first-order valence-corrected chi connectivity index (χ1v) is 6.76. The zero-order valence-electron chi connectivity index (χ0n) is 12.2. The maximum absolute atomic E-state index is 11.3. The first kappa shape index (κ1) is 15.4. The Morgan fingerprint density at radius 3 is 2.71 bits per heavy atom. The molecule has 0 bridgehead atoms. The first-order valence-electron chi connectivity index (χ1n) is 6.35. The van der Waals surface area contributed by atoms with E-state index in [0.29, 0.717) is 23.8 Å². The molecule has 0 spiro atoms. The average Bonchev–Trinajstić information content (AvgIpc) is 2.70. The Kier molecular flexibility index (Phi) is 3.97. The monoisotopic (exact) mass is 310 g/mol. The van der Waals surface area contributed by atoms with Crippen LogP contribution < -0.4 is 4.74 Å². The van der Waals surface area contributed by atoms with E-state index in [9.17, 15) is 10.1 Å². The van der Waals surface area contributed by atoms with Crippen molar-refractivity contribution in [3.63, 3.8) is 0 Å². The lowest BCUT2D eigenvalue weighted by Crippen LogP contribution is -2.58. The van der Waals surface area contributed by atoms with Crippen LogP contribution in [0.2, 0.25) is 0 Å². The number of aromatic nitrogens is 2. The van der Waals surface area contributed by atoms with Crippen LogP contribution in [0.25, 0.3) is 0 Å². The molecule has 2 atom stereocenters. The zero-order chi connectivity index (χ0) is 15.8. The Bertz CT molecular complexity index is 648. The molecule has 21 heavy (non-hydrogen) atoms. The van der Waals surface area contributed by atoms with Crippen LogP contribution >= 0.6 is 12.2 Å². The van der Waals surface area contributed by atoms with Crippen molar-refractivity contribution in [3.8, 4) is 6.01 Å². The molecule has 1 aliphatic heterocycles. The molecule has 0 aliphatic carbocycles. The van der Waals surface area contributed by atoms with Gasteiger partial charge in [0, 0.05) is 5.69 Å². The van der Waals surface area contributed by atoms with Gasteiger partial charge in [-0.3, -0.25) is 10.1 Å². The van der Waals surface area contributed by atoms with Gasteiger partial charge < -0.3 is 4.74 Å². The number of thiocarbonyl (C=S) groups is 1. The molecular weight excluding hydrogens is 294 g/mol. The topological polar surface area (TPSA) is 90.5 Å². The van der Waals surface area contributed by atoms with Gasteiger partial charge in [0.2, 0.25) is 4.99 Å². The molecule has 0 saturated carbocycles. The van der Waals surface area contributed by atoms with Gasteiger partial charge in [0.1, 0.15) is 0 Å². The molecule has 8 nitrogen and oxygen atoms in total. The predicted molar refractivity (Wildman–Crippen MR) is 80.0 cm³/mol. The van der Waals surface area contributed by atoms with Crippen LogP contribution in [0.5, 0.6) is 6.01 Å². The molecule has 2 heterocycles. The number of ether oxygens (including phenoxy) is 1. The fraction of sp³-hybridized carbons (Fsp3) is 0.500. The van der Waals surface area contributed by atoms with Crippen molar-refractivity contribution >= 4 is 23.0 Å². The molecule has 1 aromatic heterocycles. The van der Waals surface area contributed by atoms with Crippen LogP contribution in [0.3, 0.4) is 0 Å². The summed E-state index contributed by atoms with van der Waals surface area (Å²) in [6.45, 7) is 4.12. The maximum atomic E-state index is 11.3. The lowest BCUT2D eigenvalue weighted by molar-refractivity contribution is -0.921. The fourth-order valence-electron chi connectivity index (χ4n) is 2.32. The quantitative estimate of drug-likeness (QED) is 0.356. The first-order chi connectivity index (χ1) is 9.83. The summed E-state index contributed by atoms with van der Waals surface area (Å²) >= 11 is 5.08. The SMILES string of the molecule is CC[N+]1(C)C(c2cc(C)nc(OC)n2)=NC(=S)C1[N+](=O)[O-]. The van der Waals surface area contributed by atoms with E-state index in [1.165, 1.54) is 7.11 Å². The van der Waals surface area contributed by atoms with Crippen LogP contribution in [0, 0.1) is 17.0 Å². The van der Waals surface area contributed by atoms with Crippen molar-refractivity contribution in [1.29, 1.82) is 0 Å². The highest BCUT2D eigenvalue weighted by Gasteiger charge is 2.55. The van der Waals surface area contributed by atoms with Crippen molar-refractivity contribution in [2.45, 2.75) is 20.0 Å². The minimum atomic E-state index is -1.07. The van der Waals surface area contributed by atoms with E-state index in [1.807, 2.05) is 6.92 Å². The van der Waals surface area contributed by atoms with Gasteiger partial charge >= 0.3 is 12.2 Å². The van der Waals surface area contributed by atoms with E-state index in [4.69, 9.17) is 17.0 Å². The number of nitro groups is 1. The number of methoxy groups -OCH3 is 1. The van der Waals surface area contributed by atoms with Crippen LogP contribution in [-0.2, 0) is 0 Å². The number of hydrogen-bond donors (Lipinski definition) is 0. The number of quaternary nitrogens is 1. The molecule has 9 heteroatoms. The molecule has 2 unspecified atom stereocenters. The van der Waals surface area contributed by atoms with Gasteiger partial charge in [-0.15, -0.1) is 0 Å². The lowest BCUT2D eigenvalue weighted by atomic mass is 10.2. The van der Waals surface area contributed by atoms with E-state index in [2.05, 4.69) is 15.0 Å². The van der Waals surface area contributed by atoms with E-state index < -0.39 is 11.1 Å². The van der Waals surface area contributed by atoms with Crippen LogP contribution in [0.1, 0.15) is 18.3 Å². The van der Waals surface area contributed by atoms with Crippen molar-refractivity contribution in [2.75, 3.05) is 20.7 Å². The summed E-state index contributed by atoms with van der Waals surface area (Å²) in [5, 5.41) is 11.3. The second-order valence-electron chi connectivity index (χ2n) is 4.90. The molecule has 0 fully saturated rings. The third kappa shape index (κ3) is 2.49. The summed E-state index contributed by atoms with van der Waals surface area (Å²) in [6, 6.07) is 1.92. The molecule has 0 aromatic carbocycles. The third-order valence-electron chi connectivity index (χ3n) is 3.56. The molecule has 112 valence electrons. The fourth-order valence-corrected chi connectivity index (χ4v) is 2.73. The van der Waals surface area contributed by atoms with Gasteiger partial charge in [0.25, 0.3) is 5.84 Å². The predicted octanol–water partition coefficient (Wildman–Crippen LogP) is 0.951. The molecule has 0 N–H and O–H groups in total. The summed E-state index contributed by atoms with van der Waals surface area (Å²) < 4.78 is 5.02. The number of rotatable bonds is 4. The van der Waals surface area contributed by atoms with E-state index in [-0.39, 0.29) is 15.5 Å². The Hall–Kier alpha value is -2.00.